The molecule has 1 heterocycles. The maximum Gasteiger partial charge on any atom is 0.317 e. The minimum Gasteiger partial charge on any atom is -0.480 e. The molecule has 1 saturated heterocycles. The topological polar surface area (TPSA) is 43.8 Å². The van der Waals surface area contributed by atoms with E-state index in [0.29, 0.717) is 6.04 Å². The van der Waals surface area contributed by atoms with Gasteiger partial charge in [0.05, 0.1) is 6.54 Å². The maximum absolute atomic E-state index is 10.9. The number of carboxylic acids is 1. The van der Waals surface area contributed by atoms with Crippen LogP contribution in [0.3, 0.4) is 0 Å². The fourth-order valence-electron chi connectivity index (χ4n) is 3.79. The highest BCUT2D eigenvalue weighted by Gasteiger charge is 2.27. The molecule has 0 amide bonds. The Hall–Kier alpha value is -1.39. The number of likely N-dealkylation sites (tertiary alicyclic amines) is 1. The third kappa shape index (κ3) is 4.55. The summed E-state index contributed by atoms with van der Waals surface area (Å²) in [5.74, 6) is 0.0691. The molecule has 0 bridgehead atoms. The van der Waals surface area contributed by atoms with E-state index in [1.807, 2.05) is 11.9 Å². The molecule has 1 atom stereocenters. The Morgan fingerprint density at radius 1 is 1.22 bits per heavy atom. The molecule has 1 unspecified atom stereocenters. The molecule has 4 heteroatoms. The smallest absolute Gasteiger partial charge is 0.317 e. The quantitative estimate of drug-likeness (QED) is 0.876. The van der Waals surface area contributed by atoms with Crippen LogP contribution in [0.15, 0.2) is 24.3 Å². The number of aliphatic carboxylic acids is 1. The van der Waals surface area contributed by atoms with Crippen LogP contribution in [0.1, 0.15) is 49.1 Å². The number of likely N-dealkylation sites (N-methyl/N-ethyl adjacent to an activating group) is 1. The van der Waals surface area contributed by atoms with Gasteiger partial charge >= 0.3 is 5.97 Å². The van der Waals surface area contributed by atoms with Crippen molar-refractivity contribution in [1.82, 2.24) is 9.80 Å². The fourth-order valence-corrected chi connectivity index (χ4v) is 3.79. The molecule has 23 heavy (non-hydrogen) atoms. The van der Waals surface area contributed by atoms with Gasteiger partial charge in [-0.2, -0.15) is 0 Å². The van der Waals surface area contributed by atoms with E-state index in [4.69, 9.17) is 5.11 Å². The largest absolute Gasteiger partial charge is 0.480 e. The summed E-state index contributed by atoms with van der Waals surface area (Å²) in [5, 5.41) is 8.97. The van der Waals surface area contributed by atoms with E-state index < -0.39 is 5.97 Å². The second-order valence-electron chi connectivity index (χ2n) is 7.14. The predicted molar refractivity (Wildman–Crippen MR) is 91.6 cm³/mol. The van der Waals surface area contributed by atoms with Crippen LogP contribution >= 0.6 is 0 Å². The number of carboxylic acid groups (broad SMARTS) is 1. The molecule has 0 aromatic heterocycles. The highest BCUT2D eigenvalue weighted by molar-refractivity contribution is 5.69. The number of hydrogen-bond acceptors (Lipinski definition) is 3. The first-order valence-electron chi connectivity index (χ1n) is 8.85. The lowest BCUT2D eigenvalue weighted by molar-refractivity contribution is -0.138. The number of rotatable bonds is 6. The van der Waals surface area contributed by atoms with E-state index in [9.17, 15) is 4.79 Å². The van der Waals surface area contributed by atoms with Crippen LogP contribution in [0.4, 0.5) is 0 Å². The molecule has 0 radical (unpaired) electrons. The molecule has 1 aromatic rings. The van der Waals surface area contributed by atoms with Gasteiger partial charge in [0.1, 0.15) is 0 Å². The number of hydrogen-bond donors (Lipinski definition) is 1. The Balaban J connectivity index is 1.57. The molecule has 0 spiro atoms. The van der Waals surface area contributed by atoms with Crippen molar-refractivity contribution in [2.75, 3.05) is 26.7 Å². The normalized spacial score (nSPS) is 23.0. The monoisotopic (exact) mass is 316 g/mol. The van der Waals surface area contributed by atoms with Gasteiger partial charge in [-0.05, 0) is 69.3 Å². The van der Waals surface area contributed by atoms with Crippen molar-refractivity contribution >= 4 is 5.97 Å². The Bertz CT molecular complexity index is 542. The van der Waals surface area contributed by atoms with Crippen LogP contribution < -0.4 is 0 Å². The van der Waals surface area contributed by atoms with Gasteiger partial charge in [0.25, 0.3) is 0 Å². The molecule has 3 rings (SSSR count). The number of carbonyl (C=O) groups is 1. The molecule has 1 aromatic carbocycles. The average molecular weight is 316 g/mol. The van der Waals surface area contributed by atoms with Crippen LogP contribution in [-0.4, -0.2) is 53.6 Å². The fraction of sp³-hybridized carbons (Fsp3) is 0.632. The summed E-state index contributed by atoms with van der Waals surface area (Å²) < 4.78 is 0. The van der Waals surface area contributed by atoms with Crippen molar-refractivity contribution in [2.24, 2.45) is 0 Å². The predicted octanol–water partition coefficient (Wildman–Crippen LogP) is 2.93. The molecule has 1 saturated carbocycles. The van der Waals surface area contributed by atoms with E-state index in [0.717, 1.165) is 44.8 Å². The van der Waals surface area contributed by atoms with Gasteiger partial charge < -0.3 is 5.11 Å². The Kier molecular flexibility index (Phi) is 5.34. The first kappa shape index (κ1) is 16.5. The van der Waals surface area contributed by atoms with Crippen molar-refractivity contribution in [3.63, 3.8) is 0 Å². The minimum absolute atomic E-state index is 0.148. The molecule has 2 fully saturated rings. The number of benzene rings is 1. The van der Waals surface area contributed by atoms with E-state index in [1.165, 1.54) is 18.4 Å². The zero-order valence-electron chi connectivity index (χ0n) is 14.1. The van der Waals surface area contributed by atoms with Crippen LogP contribution in [0, 0.1) is 0 Å². The summed E-state index contributed by atoms with van der Waals surface area (Å²) in [6.45, 7) is 3.38. The molecule has 4 nitrogen and oxygen atoms in total. The van der Waals surface area contributed by atoms with Gasteiger partial charge in [0.2, 0.25) is 0 Å². The van der Waals surface area contributed by atoms with Crippen molar-refractivity contribution in [2.45, 2.75) is 50.6 Å². The summed E-state index contributed by atoms with van der Waals surface area (Å²) in [6, 6.07) is 9.30. The molecule has 1 aliphatic carbocycles. The average Bonchev–Trinajstić information content (AvgIpc) is 3.34. The minimum atomic E-state index is -0.730. The molecule has 1 aliphatic heterocycles. The highest BCUT2D eigenvalue weighted by atomic mass is 16.4. The van der Waals surface area contributed by atoms with Crippen molar-refractivity contribution < 1.29 is 9.90 Å². The molecular weight excluding hydrogens is 288 g/mol. The lowest BCUT2D eigenvalue weighted by Gasteiger charge is -2.26. The lowest BCUT2D eigenvalue weighted by atomic mass is 10.0. The van der Waals surface area contributed by atoms with E-state index in [-0.39, 0.29) is 6.54 Å². The zero-order chi connectivity index (χ0) is 16.2. The first-order valence-corrected chi connectivity index (χ1v) is 8.85. The highest BCUT2D eigenvalue weighted by Crippen LogP contribution is 2.41. The summed E-state index contributed by atoms with van der Waals surface area (Å²) >= 11 is 0. The van der Waals surface area contributed by atoms with Crippen molar-refractivity contribution in [3.05, 3.63) is 35.4 Å². The first-order chi connectivity index (χ1) is 11.1. The lowest BCUT2D eigenvalue weighted by Crippen LogP contribution is -2.36. The van der Waals surface area contributed by atoms with Gasteiger partial charge in [0, 0.05) is 12.6 Å². The third-order valence-electron chi connectivity index (χ3n) is 5.26. The zero-order valence-corrected chi connectivity index (χ0v) is 14.1. The molecule has 2 aliphatic rings. The Labute approximate surface area is 139 Å². The molecule has 126 valence electrons. The Morgan fingerprint density at radius 2 is 2.00 bits per heavy atom. The van der Waals surface area contributed by atoms with Crippen molar-refractivity contribution in [3.8, 4) is 0 Å². The summed E-state index contributed by atoms with van der Waals surface area (Å²) in [7, 11) is 1.94. The van der Waals surface area contributed by atoms with Crippen LogP contribution in [0.2, 0.25) is 0 Å². The van der Waals surface area contributed by atoms with Crippen molar-refractivity contribution in [1.29, 1.82) is 0 Å². The van der Waals surface area contributed by atoms with Gasteiger partial charge in [-0.3, -0.25) is 14.6 Å². The standard InChI is InChI=1S/C19H28N2O2/c1-20(14-19(22)23)17-6-4-11-21(12-10-17)13-16-5-2-3-7-18(16)15-8-9-15/h2-3,5,7,15,17H,4,6,8-14H2,1H3,(H,22,23). The second-order valence-corrected chi connectivity index (χ2v) is 7.14. The number of nitrogens with zero attached hydrogens (tertiary/aromatic N) is 2. The Morgan fingerprint density at radius 3 is 2.74 bits per heavy atom. The van der Waals surface area contributed by atoms with E-state index in [1.54, 1.807) is 5.56 Å². The van der Waals surface area contributed by atoms with Gasteiger partial charge in [-0.25, -0.2) is 0 Å². The summed E-state index contributed by atoms with van der Waals surface area (Å²) in [4.78, 5) is 15.5. The van der Waals surface area contributed by atoms with E-state index >= 15 is 0 Å². The van der Waals surface area contributed by atoms with Gasteiger partial charge in [-0.1, -0.05) is 24.3 Å². The van der Waals surface area contributed by atoms with E-state index in [2.05, 4.69) is 29.2 Å². The van der Waals surface area contributed by atoms with Crippen LogP contribution in [-0.2, 0) is 11.3 Å². The maximum atomic E-state index is 10.9. The summed E-state index contributed by atoms with van der Waals surface area (Å²) in [5.41, 5.74) is 3.05. The summed E-state index contributed by atoms with van der Waals surface area (Å²) in [6.07, 6.45) is 6.01. The van der Waals surface area contributed by atoms with Gasteiger partial charge in [0.15, 0.2) is 0 Å². The van der Waals surface area contributed by atoms with Gasteiger partial charge in [-0.15, -0.1) is 0 Å². The van der Waals surface area contributed by atoms with Crippen LogP contribution in [0.5, 0.6) is 0 Å². The van der Waals surface area contributed by atoms with Crippen LogP contribution in [0.25, 0.3) is 0 Å². The SMILES string of the molecule is CN(CC(=O)O)C1CCCN(Cc2ccccc2C2CC2)CC1. The molecular formula is C19H28N2O2. The second kappa shape index (κ2) is 7.45. The third-order valence-corrected chi connectivity index (χ3v) is 5.26. The molecule has 1 N–H and O–H groups in total.